The van der Waals surface area contributed by atoms with Gasteiger partial charge < -0.3 is 20.1 Å². The van der Waals surface area contributed by atoms with Crippen LogP contribution in [0.15, 0.2) is 36.4 Å². The van der Waals surface area contributed by atoms with Crippen molar-refractivity contribution in [3.05, 3.63) is 53.3 Å². The fourth-order valence-electron chi connectivity index (χ4n) is 2.45. The van der Waals surface area contributed by atoms with E-state index in [1.54, 1.807) is 0 Å². The maximum absolute atomic E-state index is 13.7. The summed E-state index contributed by atoms with van der Waals surface area (Å²) < 4.78 is 23.4. The number of methoxy groups -OCH3 is 1. The number of anilines is 2. The van der Waals surface area contributed by atoms with E-state index in [0.29, 0.717) is 5.69 Å². The first-order chi connectivity index (χ1) is 13.7. The Bertz CT molecular complexity index is 973. The fraction of sp³-hybridized carbons (Fsp3) is 0.200. The fourth-order valence-corrected chi connectivity index (χ4v) is 2.45. The molecule has 29 heavy (non-hydrogen) atoms. The Morgan fingerprint density at radius 2 is 1.66 bits per heavy atom. The summed E-state index contributed by atoms with van der Waals surface area (Å²) >= 11 is 0. The molecule has 0 radical (unpaired) electrons. The summed E-state index contributed by atoms with van der Waals surface area (Å²) in [4.78, 5) is 47.1. The van der Waals surface area contributed by atoms with Crippen molar-refractivity contribution in [2.75, 3.05) is 24.4 Å². The average Bonchev–Trinajstić information content (AvgIpc) is 2.65. The molecule has 0 saturated heterocycles. The van der Waals surface area contributed by atoms with Crippen LogP contribution in [0.25, 0.3) is 0 Å². The molecule has 152 valence electrons. The number of esters is 1. The summed E-state index contributed by atoms with van der Waals surface area (Å²) in [6.07, 6.45) is 0. The summed E-state index contributed by atoms with van der Waals surface area (Å²) in [6, 6.07) is 7.79. The molecule has 2 aromatic rings. The predicted molar refractivity (Wildman–Crippen MR) is 103 cm³/mol. The van der Waals surface area contributed by atoms with Crippen molar-refractivity contribution in [1.29, 1.82) is 0 Å². The summed E-state index contributed by atoms with van der Waals surface area (Å²) in [5, 5.41) is 5.03. The van der Waals surface area contributed by atoms with E-state index in [1.165, 1.54) is 51.3 Å². The van der Waals surface area contributed by atoms with Crippen molar-refractivity contribution in [2.24, 2.45) is 0 Å². The van der Waals surface area contributed by atoms with Gasteiger partial charge in [-0.05, 0) is 36.4 Å². The topological polar surface area (TPSA) is 111 Å². The van der Waals surface area contributed by atoms with E-state index in [4.69, 9.17) is 9.47 Å². The third kappa shape index (κ3) is 5.86. The van der Waals surface area contributed by atoms with Crippen LogP contribution in [0.2, 0.25) is 0 Å². The molecule has 2 N–H and O–H groups in total. The molecular weight excluding hydrogens is 383 g/mol. The standard InChI is InChI=1S/C20H19FN2O6/c1-11(24)22-14-5-6-15(17(9-14)23-12(2)25)18(26)10-29-20(27)13-4-7-19(28-3)16(21)8-13/h4-9H,10H2,1-3H3,(H,22,24)(H,23,25). The largest absolute Gasteiger partial charge is 0.494 e. The number of Topliss-reactive ketones (excluding diaryl/α,β-unsaturated/α-hetero) is 1. The van der Waals surface area contributed by atoms with E-state index in [-0.39, 0.29) is 28.5 Å². The zero-order valence-corrected chi connectivity index (χ0v) is 16.0. The Morgan fingerprint density at radius 3 is 2.24 bits per heavy atom. The molecule has 0 aliphatic rings. The van der Waals surface area contributed by atoms with Gasteiger partial charge in [0.1, 0.15) is 0 Å². The van der Waals surface area contributed by atoms with Gasteiger partial charge in [0.05, 0.1) is 18.4 Å². The van der Waals surface area contributed by atoms with Gasteiger partial charge in [-0.25, -0.2) is 9.18 Å². The molecule has 0 aromatic heterocycles. The number of hydrogen-bond acceptors (Lipinski definition) is 6. The smallest absolute Gasteiger partial charge is 0.338 e. The molecule has 0 unspecified atom stereocenters. The van der Waals surface area contributed by atoms with Crippen LogP contribution in [0, 0.1) is 5.82 Å². The van der Waals surface area contributed by atoms with Gasteiger partial charge >= 0.3 is 5.97 Å². The van der Waals surface area contributed by atoms with Crippen LogP contribution in [0.5, 0.6) is 5.75 Å². The predicted octanol–water partition coefficient (Wildman–Crippen LogP) is 2.79. The highest BCUT2D eigenvalue weighted by molar-refractivity contribution is 6.07. The number of nitrogens with one attached hydrogen (secondary N) is 2. The quantitative estimate of drug-likeness (QED) is 0.544. The molecule has 2 rings (SSSR count). The molecule has 0 spiro atoms. The first-order valence-corrected chi connectivity index (χ1v) is 8.44. The van der Waals surface area contributed by atoms with Crippen LogP contribution in [0.3, 0.4) is 0 Å². The molecule has 0 atom stereocenters. The van der Waals surface area contributed by atoms with E-state index in [0.717, 1.165) is 6.07 Å². The highest BCUT2D eigenvalue weighted by atomic mass is 19.1. The van der Waals surface area contributed by atoms with Gasteiger partial charge in [-0.1, -0.05) is 0 Å². The van der Waals surface area contributed by atoms with E-state index in [1.807, 2.05) is 0 Å². The van der Waals surface area contributed by atoms with Crippen LogP contribution < -0.4 is 15.4 Å². The summed E-state index contributed by atoms with van der Waals surface area (Å²) in [7, 11) is 1.29. The Balaban J connectivity index is 2.14. The third-order valence-electron chi connectivity index (χ3n) is 3.67. The number of amides is 2. The molecule has 2 amide bonds. The molecule has 0 bridgehead atoms. The van der Waals surface area contributed by atoms with Gasteiger partial charge in [0.25, 0.3) is 0 Å². The zero-order valence-electron chi connectivity index (χ0n) is 16.0. The molecule has 9 heteroatoms. The van der Waals surface area contributed by atoms with Crippen LogP contribution in [-0.4, -0.2) is 37.3 Å². The number of carbonyl (C=O) groups is 4. The van der Waals surface area contributed by atoms with Gasteiger partial charge in [0, 0.05) is 25.1 Å². The van der Waals surface area contributed by atoms with Gasteiger partial charge in [-0.2, -0.15) is 0 Å². The van der Waals surface area contributed by atoms with E-state index in [2.05, 4.69) is 10.6 Å². The van der Waals surface area contributed by atoms with Crippen LogP contribution >= 0.6 is 0 Å². The van der Waals surface area contributed by atoms with Gasteiger partial charge in [0.15, 0.2) is 18.2 Å². The number of ether oxygens (including phenoxy) is 2. The molecule has 0 fully saturated rings. The molecule has 0 saturated carbocycles. The second kappa shape index (κ2) is 9.45. The summed E-state index contributed by atoms with van der Waals surface area (Å²) in [5.74, 6) is -3.00. The van der Waals surface area contributed by atoms with Crippen molar-refractivity contribution in [2.45, 2.75) is 13.8 Å². The number of hydrogen-bond donors (Lipinski definition) is 2. The number of ketones is 1. The number of halogens is 1. The van der Waals surface area contributed by atoms with Crippen molar-refractivity contribution in [1.82, 2.24) is 0 Å². The third-order valence-corrected chi connectivity index (χ3v) is 3.67. The highest BCUT2D eigenvalue weighted by Crippen LogP contribution is 2.23. The normalized spacial score (nSPS) is 10.1. The van der Waals surface area contributed by atoms with E-state index < -0.39 is 30.1 Å². The first-order valence-electron chi connectivity index (χ1n) is 8.44. The number of benzene rings is 2. The second-order valence-electron chi connectivity index (χ2n) is 5.97. The minimum Gasteiger partial charge on any atom is -0.494 e. The van der Waals surface area contributed by atoms with Crippen molar-refractivity contribution >= 4 is 34.9 Å². The lowest BCUT2D eigenvalue weighted by Gasteiger charge is -2.12. The minimum absolute atomic E-state index is 0.0307. The van der Waals surface area contributed by atoms with Crippen LogP contribution in [-0.2, 0) is 14.3 Å². The maximum atomic E-state index is 13.7. The average molecular weight is 402 g/mol. The Morgan fingerprint density at radius 1 is 0.966 bits per heavy atom. The van der Waals surface area contributed by atoms with Crippen molar-refractivity contribution in [3.8, 4) is 5.75 Å². The van der Waals surface area contributed by atoms with E-state index in [9.17, 15) is 23.6 Å². The zero-order chi connectivity index (χ0) is 21.6. The highest BCUT2D eigenvalue weighted by Gasteiger charge is 2.17. The molecule has 0 aliphatic carbocycles. The Kier molecular flexibility index (Phi) is 7.02. The first kappa shape index (κ1) is 21.5. The summed E-state index contributed by atoms with van der Waals surface area (Å²) in [6.45, 7) is 1.95. The van der Waals surface area contributed by atoms with Gasteiger partial charge in [-0.15, -0.1) is 0 Å². The number of carbonyl (C=O) groups excluding carboxylic acids is 4. The second-order valence-corrected chi connectivity index (χ2v) is 5.97. The Labute approximate surface area is 166 Å². The van der Waals surface area contributed by atoms with E-state index >= 15 is 0 Å². The number of rotatable bonds is 7. The summed E-state index contributed by atoms with van der Waals surface area (Å²) in [5.41, 5.74) is 0.533. The maximum Gasteiger partial charge on any atom is 0.338 e. The van der Waals surface area contributed by atoms with Crippen LogP contribution in [0.4, 0.5) is 15.8 Å². The molecule has 0 heterocycles. The lowest BCUT2D eigenvalue weighted by atomic mass is 10.1. The van der Waals surface area contributed by atoms with Crippen molar-refractivity contribution < 1.29 is 33.0 Å². The van der Waals surface area contributed by atoms with Gasteiger partial charge in [0.2, 0.25) is 17.6 Å². The molecule has 8 nitrogen and oxygen atoms in total. The molecule has 0 aliphatic heterocycles. The Hall–Kier alpha value is -3.75. The monoisotopic (exact) mass is 402 g/mol. The van der Waals surface area contributed by atoms with Crippen LogP contribution in [0.1, 0.15) is 34.6 Å². The lowest BCUT2D eigenvalue weighted by molar-refractivity contribution is -0.115. The molecule has 2 aromatic carbocycles. The lowest BCUT2D eigenvalue weighted by Crippen LogP contribution is -2.18. The van der Waals surface area contributed by atoms with Crippen molar-refractivity contribution in [3.63, 3.8) is 0 Å². The minimum atomic E-state index is -0.893. The van der Waals surface area contributed by atoms with Gasteiger partial charge in [-0.3, -0.25) is 14.4 Å². The SMILES string of the molecule is COc1ccc(C(=O)OCC(=O)c2ccc(NC(C)=O)cc2NC(C)=O)cc1F. The molecular formula is C20H19FN2O6.